The second kappa shape index (κ2) is 4.54. The van der Waals surface area contributed by atoms with E-state index >= 15 is 0 Å². The standard InChI is InChI=1S/C14H18ClNO3/c1-6-3-8-11(10(16)5-17)13-9(4-7(2)18-13)12(15)14(8)19-6/h6-7,10,17H,3-5,16H2,1-2H3. The Balaban J connectivity index is 2.23. The summed E-state index contributed by atoms with van der Waals surface area (Å²) in [6.07, 6.45) is 1.67. The van der Waals surface area contributed by atoms with E-state index in [1.807, 2.05) is 13.8 Å². The molecule has 0 aliphatic carbocycles. The molecule has 0 saturated heterocycles. The molecule has 2 heterocycles. The third-order valence-corrected chi connectivity index (χ3v) is 4.17. The summed E-state index contributed by atoms with van der Waals surface area (Å²) >= 11 is 6.44. The van der Waals surface area contributed by atoms with Crippen LogP contribution in [0.25, 0.3) is 0 Å². The number of nitrogens with two attached hydrogens (primary N) is 1. The molecule has 0 radical (unpaired) electrons. The highest BCUT2D eigenvalue weighted by Crippen LogP contribution is 2.50. The number of halogens is 1. The van der Waals surface area contributed by atoms with Gasteiger partial charge in [-0.1, -0.05) is 11.6 Å². The minimum Gasteiger partial charge on any atom is -0.490 e. The fourth-order valence-corrected chi connectivity index (χ4v) is 3.30. The van der Waals surface area contributed by atoms with E-state index in [0.717, 1.165) is 41.0 Å². The lowest BCUT2D eigenvalue weighted by Crippen LogP contribution is -2.18. The number of aliphatic hydroxyl groups excluding tert-OH is 1. The molecule has 0 bridgehead atoms. The van der Waals surface area contributed by atoms with Gasteiger partial charge < -0.3 is 20.3 Å². The molecular weight excluding hydrogens is 266 g/mol. The Morgan fingerprint density at radius 1 is 1.21 bits per heavy atom. The van der Waals surface area contributed by atoms with Crippen LogP contribution in [0.1, 0.15) is 36.6 Å². The van der Waals surface area contributed by atoms with Gasteiger partial charge in [0.2, 0.25) is 0 Å². The number of rotatable bonds is 2. The lowest BCUT2D eigenvalue weighted by molar-refractivity contribution is 0.239. The largest absolute Gasteiger partial charge is 0.490 e. The average Bonchev–Trinajstić information content (AvgIpc) is 2.92. The molecular formula is C14H18ClNO3. The summed E-state index contributed by atoms with van der Waals surface area (Å²) in [6.45, 7) is 3.88. The van der Waals surface area contributed by atoms with Crippen molar-refractivity contribution in [3.63, 3.8) is 0 Å². The Labute approximate surface area is 117 Å². The minimum absolute atomic E-state index is 0.0806. The van der Waals surface area contributed by atoms with Gasteiger partial charge in [0, 0.05) is 29.5 Å². The molecule has 1 aromatic rings. The molecule has 2 aliphatic rings. The van der Waals surface area contributed by atoms with Crippen molar-refractivity contribution in [2.24, 2.45) is 5.73 Å². The van der Waals surface area contributed by atoms with Gasteiger partial charge in [0.25, 0.3) is 0 Å². The normalized spacial score (nSPS) is 25.5. The van der Waals surface area contributed by atoms with Crippen LogP contribution in [0, 0.1) is 0 Å². The molecule has 0 spiro atoms. The fraction of sp³-hybridized carbons (Fsp3) is 0.571. The van der Waals surface area contributed by atoms with Crippen LogP contribution in [0.5, 0.6) is 11.5 Å². The monoisotopic (exact) mass is 283 g/mol. The van der Waals surface area contributed by atoms with Crippen LogP contribution in [0.2, 0.25) is 5.02 Å². The van der Waals surface area contributed by atoms with Gasteiger partial charge in [-0.3, -0.25) is 0 Å². The van der Waals surface area contributed by atoms with Crippen LogP contribution in [0.15, 0.2) is 0 Å². The third kappa shape index (κ3) is 1.90. The third-order valence-electron chi connectivity index (χ3n) is 3.77. The molecule has 19 heavy (non-hydrogen) atoms. The smallest absolute Gasteiger partial charge is 0.142 e. The average molecular weight is 284 g/mol. The Morgan fingerprint density at radius 3 is 2.42 bits per heavy atom. The van der Waals surface area contributed by atoms with Crippen molar-refractivity contribution < 1.29 is 14.6 Å². The molecule has 4 nitrogen and oxygen atoms in total. The molecule has 5 heteroatoms. The first-order chi connectivity index (χ1) is 9.02. The van der Waals surface area contributed by atoms with Crippen LogP contribution in [0.3, 0.4) is 0 Å². The van der Waals surface area contributed by atoms with E-state index in [0.29, 0.717) is 5.02 Å². The zero-order chi connectivity index (χ0) is 13.7. The Morgan fingerprint density at radius 2 is 1.79 bits per heavy atom. The summed E-state index contributed by atoms with van der Waals surface area (Å²) in [4.78, 5) is 0. The van der Waals surface area contributed by atoms with Crippen molar-refractivity contribution in [3.05, 3.63) is 21.7 Å². The van der Waals surface area contributed by atoms with Gasteiger partial charge in [-0.05, 0) is 13.8 Å². The maximum absolute atomic E-state index is 9.40. The summed E-state index contributed by atoms with van der Waals surface area (Å²) in [5.41, 5.74) is 8.87. The highest BCUT2D eigenvalue weighted by molar-refractivity contribution is 6.33. The molecule has 3 unspecified atom stereocenters. The second-order valence-electron chi connectivity index (χ2n) is 5.40. The SMILES string of the molecule is CC1Cc2c(c(Cl)c3c(c2C(N)CO)OC(C)C3)O1. The number of fused-ring (bicyclic) bond motifs is 2. The maximum Gasteiger partial charge on any atom is 0.142 e. The van der Waals surface area contributed by atoms with Crippen LogP contribution < -0.4 is 15.2 Å². The zero-order valence-electron chi connectivity index (χ0n) is 11.1. The summed E-state index contributed by atoms with van der Waals surface area (Å²) < 4.78 is 11.7. The van der Waals surface area contributed by atoms with Gasteiger partial charge >= 0.3 is 0 Å². The maximum atomic E-state index is 9.40. The molecule has 3 atom stereocenters. The van der Waals surface area contributed by atoms with E-state index in [4.69, 9.17) is 26.8 Å². The number of benzene rings is 1. The quantitative estimate of drug-likeness (QED) is 0.871. The van der Waals surface area contributed by atoms with E-state index < -0.39 is 6.04 Å². The lowest BCUT2D eigenvalue weighted by atomic mass is 9.93. The van der Waals surface area contributed by atoms with E-state index in [9.17, 15) is 5.11 Å². The molecule has 3 rings (SSSR count). The molecule has 104 valence electrons. The Hall–Kier alpha value is -0.970. The molecule has 2 aliphatic heterocycles. The summed E-state index contributed by atoms with van der Waals surface area (Å²) in [5.74, 6) is 1.49. The van der Waals surface area contributed by atoms with E-state index in [1.165, 1.54) is 0 Å². The first-order valence-electron chi connectivity index (χ1n) is 6.59. The summed E-state index contributed by atoms with van der Waals surface area (Å²) in [7, 11) is 0. The molecule has 1 aromatic carbocycles. The van der Waals surface area contributed by atoms with Crippen molar-refractivity contribution in [2.75, 3.05) is 6.61 Å². The van der Waals surface area contributed by atoms with Gasteiger partial charge in [-0.15, -0.1) is 0 Å². The van der Waals surface area contributed by atoms with Gasteiger partial charge in [-0.25, -0.2) is 0 Å². The number of aliphatic hydroxyl groups is 1. The van der Waals surface area contributed by atoms with Crippen LogP contribution in [-0.4, -0.2) is 23.9 Å². The highest BCUT2D eigenvalue weighted by Gasteiger charge is 2.36. The minimum atomic E-state index is -0.459. The van der Waals surface area contributed by atoms with Crippen molar-refractivity contribution in [1.82, 2.24) is 0 Å². The van der Waals surface area contributed by atoms with Crippen LogP contribution in [-0.2, 0) is 12.8 Å². The van der Waals surface area contributed by atoms with E-state index in [2.05, 4.69) is 0 Å². The Kier molecular flexibility index (Phi) is 3.12. The predicted molar refractivity (Wildman–Crippen MR) is 73.1 cm³/mol. The van der Waals surface area contributed by atoms with Crippen molar-refractivity contribution in [2.45, 2.75) is 44.9 Å². The van der Waals surface area contributed by atoms with Gasteiger partial charge in [0.15, 0.2) is 0 Å². The second-order valence-corrected chi connectivity index (χ2v) is 5.78. The Bertz CT molecular complexity index is 493. The molecule has 3 N–H and O–H groups in total. The highest BCUT2D eigenvalue weighted by atomic mass is 35.5. The van der Waals surface area contributed by atoms with Gasteiger partial charge in [0.05, 0.1) is 17.7 Å². The molecule has 0 amide bonds. The van der Waals surface area contributed by atoms with Crippen molar-refractivity contribution >= 4 is 11.6 Å². The summed E-state index contributed by atoms with van der Waals surface area (Å²) in [6, 6.07) is -0.459. The first kappa shape index (κ1) is 13.0. The van der Waals surface area contributed by atoms with Crippen molar-refractivity contribution in [3.8, 4) is 11.5 Å². The molecule has 0 saturated carbocycles. The van der Waals surface area contributed by atoms with Crippen LogP contribution in [0.4, 0.5) is 0 Å². The van der Waals surface area contributed by atoms with Crippen LogP contribution >= 0.6 is 11.6 Å². The first-order valence-corrected chi connectivity index (χ1v) is 6.97. The lowest BCUT2D eigenvalue weighted by Gasteiger charge is -2.18. The number of hydrogen-bond acceptors (Lipinski definition) is 4. The zero-order valence-corrected chi connectivity index (χ0v) is 11.8. The number of hydrogen-bond donors (Lipinski definition) is 2. The predicted octanol–water partition coefficient (Wildman–Crippen LogP) is 1.98. The topological polar surface area (TPSA) is 64.7 Å². The van der Waals surface area contributed by atoms with Gasteiger partial charge in [0.1, 0.15) is 23.7 Å². The molecule has 0 fully saturated rings. The molecule has 0 aromatic heterocycles. The van der Waals surface area contributed by atoms with E-state index in [1.54, 1.807) is 0 Å². The van der Waals surface area contributed by atoms with E-state index in [-0.39, 0.29) is 18.8 Å². The fourth-order valence-electron chi connectivity index (χ4n) is 2.98. The van der Waals surface area contributed by atoms with Gasteiger partial charge in [-0.2, -0.15) is 0 Å². The summed E-state index contributed by atoms with van der Waals surface area (Å²) in [5, 5.41) is 10.0. The number of ether oxygens (including phenoxy) is 2. The van der Waals surface area contributed by atoms with Crippen molar-refractivity contribution in [1.29, 1.82) is 0 Å².